The molecule has 1 aliphatic carbocycles. The number of aliphatic carboxylic acids is 1. The van der Waals surface area contributed by atoms with E-state index in [2.05, 4.69) is 5.32 Å². The van der Waals surface area contributed by atoms with E-state index >= 15 is 0 Å². The number of ether oxygens (including phenoxy) is 1. The molecule has 0 radical (unpaired) electrons. The zero-order chi connectivity index (χ0) is 13.4. The van der Waals surface area contributed by atoms with E-state index < -0.39 is 5.97 Å². The number of unbranched alkanes of at least 4 members (excludes halogenated alkanes) is 1. The van der Waals surface area contributed by atoms with Crippen LogP contribution in [0.5, 0.6) is 0 Å². The zero-order valence-electron chi connectivity index (χ0n) is 10.9. The Kier molecular flexibility index (Phi) is 6.49. The van der Waals surface area contributed by atoms with Gasteiger partial charge in [0.15, 0.2) is 0 Å². The molecule has 0 aliphatic heterocycles. The molecule has 0 atom stereocenters. The Morgan fingerprint density at radius 2 is 2.11 bits per heavy atom. The molecule has 0 aromatic heterocycles. The average molecular weight is 258 g/mol. The van der Waals surface area contributed by atoms with Crippen LogP contribution in [0.1, 0.15) is 25.7 Å². The number of carboxylic acids is 1. The van der Waals surface area contributed by atoms with Crippen molar-refractivity contribution in [3.05, 3.63) is 0 Å². The van der Waals surface area contributed by atoms with Gasteiger partial charge in [0.1, 0.15) is 6.54 Å². The van der Waals surface area contributed by atoms with Gasteiger partial charge in [-0.15, -0.1) is 0 Å². The minimum Gasteiger partial charge on any atom is -0.480 e. The first-order chi connectivity index (χ1) is 8.63. The monoisotopic (exact) mass is 258 g/mol. The van der Waals surface area contributed by atoms with Crippen molar-refractivity contribution in [2.24, 2.45) is 5.92 Å². The predicted molar refractivity (Wildman–Crippen MR) is 66.4 cm³/mol. The summed E-state index contributed by atoms with van der Waals surface area (Å²) in [4.78, 5) is 23.9. The van der Waals surface area contributed by atoms with Crippen molar-refractivity contribution in [3.63, 3.8) is 0 Å². The molecule has 1 rings (SSSR count). The maximum atomic E-state index is 11.8. The molecular formula is C12H22N2O4. The number of urea groups is 1. The van der Waals surface area contributed by atoms with Gasteiger partial charge in [0, 0.05) is 26.8 Å². The number of carboxylic acid groups (broad SMARTS) is 1. The van der Waals surface area contributed by atoms with Crippen molar-refractivity contribution in [1.29, 1.82) is 0 Å². The number of carbonyl (C=O) groups is 2. The van der Waals surface area contributed by atoms with E-state index in [0.717, 1.165) is 25.7 Å². The highest BCUT2D eigenvalue weighted by Gasteiger charge is 2.27. The van der Waals surface area contributed by atoms with E-state index in [-0.39, 0.29) is 12.6 Å². The molecule has 18 heavy (non-hydrogen) atoms. The molecular weight excluding hydrogens is 236 g/mol. The highest BCUT2D eigenvalue weighted by Crippen LogP contribution is 2.29. The molecule has 0 spiro atoms. The summed E-state index contributed by atoms with van der Waals surface area (Å²) in [6.07, 6.45) is 3.91. The summed E-state index contributed by atoms with van der Waals surface area (Å²) in [6, 6.07) is -0.276. The zero-order valence-corrected chi connectivity index (χ0v) is 10.9. The quantitative estimate of drug-likeness (QED) is 0.603. The van der Waals surface area contributed by atoms with Gasteiger partial charge in [-0.2, -0.15) is 0 Å². The summed E-state index contributed by atoms with van der Waals surface area (Å²) in [5.41, 5.74) is 0. The molecule has 1 fully saturated rings. The van der Waals surface area contributed by atoms with Crippen molar-refractivity contribution in [2.75, 3.05) is 33.4 Å². The molecule has 0 unspecified atom stereocenters. The largest absolute Gasteiger partial charge is 0.480 e. The standard InChI is InChI=1S/C12H22N2O4/c1-18-7-3-2-6-13-12(17)14(9-11(15)16)8-10-4-5-10/h10H,2-9H2,1H3,(H,13,17)(H,15,16). The van der Waals surface area contributed by atoms with Gasteiger partial charge in [-0.1, -0.05) is 0 Å². The maximum Gasteiger partial charge on any atom is 0.323 e. The van der Waals surface area contributed by atoms with Gasteiger partial charge >= 0.3 is 12.0 Å². The van der Waals surface area contributed by atoms with Crippen molar-refractivity contribution >= 4 is 12.0 Å². The maximum absolute atomic E-state index is 11.8. The third-order valence-electron chi connectivity index (χ3n) is 2.84. The molecule has 6 nitrogen and oxygen atoms in total. The van der Waals surface area contributed by atoms with Crippen LogP contribution in [-0.2, 0) is 9.53 Å². The number of carbonyl (C=O) groups excluding carboxylic acids is 1. The fourth-order valence-electron chi connectivity index (χ4n) is 1.67. The number of amides is 2. The van der Waals surface area contributed by atoms with Crippen molar-refractivity contribution in [3.8, 4) is 0 Å². The van der Waals surface area contributed by atoms with Gasteiger partial charge in [-0.25, -0.2) is 4.79 Å². The predicted octanol–water partition coefficient (Wildman–Crippen LogP) is 0.919. The molecule has 2 amide bonds. The van der Waals surface area contributed by atoms with E-state index in [1.807, 2.05) is 0 Å². The van der Waals surface area contributed by atoms with Gasteiger partial charge in [-0.3, -0.25) is 4.79 Å². The summed E-state index contributed by atoms with van der Waals surface area (Å²) in [5, 5.41) is 11.5. The highest BCUT2D eigenvalue weighted by molar-refractivity contribution is 5.80. The first-order valence-electron chi connectivity index (χ1n) is 6.37. The van der Waals surface area contributed by atoms with Gasteiger partial charge < -0.3 is 20.1 Å². The topological polar surface area (TPSA) is 78.9 Å². The number of hydrogen-bond donors (Lipinski definition) is 2. The number of hydrogen-bond acceptors (Lipinski definition) is 3. The molecule has 0 saturated heterocycles. The van der Waals surface area contributed by atoms with E-state index in [9.17, 15) is 9.59 Å². The third kappa shape index (κ3) is 6.44. The lowest BCUT2D eigenvalue weighted by Gasteiger charge is -2.21. The van der Waals surface area contributed by atoms with Crippen molar-refractivity contribution in [1.82, 2.24) is 10.2 Å². The molecule has 0 aromatic carbocycles. The Hall–Kier alpha value is -1.30. The molecule has 104 valence electrons. The van der Waals surface area contributed by atoms with E-state index in [1.54, 1.807) is 7.11 Å². The SMILES string of the molecule is COCCCCNC(=O)N(CC(=O)O)CC1CC1. The van der Waals surface area contributed by atoms with E-state index in [0.29, 0.717) is 25.6 Å². The van der Waals surface area contributed by atoms with Gasteiger partial charge in [-0.05, 0) is 31.6 Å². The third-order valence-corrected chi connectivity index (χ3v) is 2.84. The summed E-state index contributed by atoms with van der Waals surface area (Å²) in [6.45, 7) is 1.57. The summed E-state index contributed by atoms with van der Waals surface area (Å²) < 4.78 is 4.91. The number of methoxy groups -OCH3 is 1. The Balaban J connectivity index is 2.22. The van der Waals surface area contributed by atoms with Crippen LogP contribution in [0.25, 0.3) is 0 Å². The van der Waals surface area contributed by atoms with Crippen LogP contribution in [0, 0.1) is 5.92 Å². The first kappa shape index (κ1) is 14.8. The average Bonchev–Trinajstić information content (AvgIpc) is 3.11. The van der Waals surface area contributed by atoms with Crippen LogP contribution in [0.15, 0.2) is 0 Å². The van der Waals surface area contributed by atoms with Crippen LogP contribution < -0.4 is 5.32 Å². The van der Waals surface area contributed by atoms with E-state index in [4.69, 9.17) is 9.84 Å². The van der Waals surface area contributed by atoms with Crippen LogP contribution in [0.2, 0.25) is 0 Å². The minimum atomic E-state index is -0.967. The molecule has 2 N–H and O–H groups in total. The fourth-order valence-corrected chi connectivity index (χ4v) is 1.67. The second kappa shape index (κ2) is 7.92. The van der Waals surface area contributed by atoms with Crippen LogP contribution in [0.3, 0.4) is 0 Å². The molecule has 6 heteroatoms. The van der Waals surface area contributed by atoms with Gasteiger partial charge in [0.05, 0.1) is 0 Å². The highest BCUT2D eigenvalue weighted by atomic mass is 16.5. The van der Waals surface area contributed by atoms with Crippen molar-refractivity contribution in [2.45, 2.75) is 25.7 Å². The Bertz CT molecular complexity index is 279. The van der Waals surface area contributed by atoms with Gasteiger partial charge in [0.25, 0.3) is 0 Å². The molecule has 0 aromatic rings. The second-order valence-electron chi connectivity index (χ2n) is 4.65. The lowest BCUT2D eigenvalue weighted by molar-refractivity contribution is -0.137. The Labute approximate surface area is 107 Å². The van der Waals surface area contributed by atoms with Crippen LogP contribution in [-0.4, -0.2) is 55.4 Å². The van der Waals surface area contributed by atoms with Gasteiger partial charge in [0.2, 0.25) is 0 Å². The van der Waals surface area contributed by atoms with Crippen molar-refractivity contribution < 1.29 is 19.4 Å². The Morgan fingerprint density at radius 3 is 2.67 bits per heavy atom. The van der Waals surface area contributed by atoms with Crippen LogP contribution >= 0.6 is 0 Å². The summed E-state index contributed by atoms with van der Waals surface area (Å²) in [7, 11) is 1.64. The summed E-state index contributed by atoms with van der Waals surface area (Å²) in [5.74, 6) is -0.478. The normalized spacial score (nSPS) is 14.3. The molecule has 1 saturated carbocycles. The Morgan fingerprint density at radius 1 is 1.39 bits per heavy atom. The molecule has 0 bridgehead atoms. The van der Waals surface area contributed by atoms with E-state index in [1.165, 1.54) is 4.90 Å². The second-order valence-corrected chi connectivity index (χ2v) is 4.65. The number of rotatable bonds is 9. The fraction of sp³-hybridized carbons (Fsp3) is 0.833. The minimum absolute atomic E-state index is 0.222. The number of nitrogens with zero attached hydrogens (tertiary/aromatic N) is 1. The smallest absolute Gasteiger partial charge is 0.323 e. The number of nitrogens with one attached hydrogen (secondary N) is 1. The first-order valence-corrected chi connectivity index (χ1v) is 6.37. The lowest BCUT2D eigenvalue weighted by Crippen LogP contribution is -2.44. The lowest BCUT2D eigenvalue weighted by atomic mass is 10.3. The molecule has 0 heterocycles. The summed E-state index contributed by atoms with van der Waals surface area (Å²) >= 11 is 0. The van der Waals surface area contributed by atoms with Crippen LogP contribution in [0.4, 0.5) is 4.79 Å². The molecule has 1 aliphatic rings.